The van der Waals surface area contributed by atoms with Crippen molar-refractivity contribution in [3.8, 4) is 0 Å². The van der Waals surface area contributed by atoms with Gasteiger partial charge in [0.25, 0.3) is 6.01 Å². The van der Waals surface area contributed by atoms with Crippen LogP contribution in [0.5, 0.6) is 0 Å². The van der Waals surface area contributed by atoms with E-state index in [0.717, 1.165) is 24.2 Å². The third kappa shape index (κ3) is 2.35. The summed E-state index contributed by atoms with van der Waals surface area (Å²) in [6, 6.07) is 8.52. The summed E-state index contributed by atoms with van der Waals surface area (Å²) in [5.41, 5.74) is 1.31. The van der Waals surface area contributed by atoms with Crippen LogP contribution in [0.15, 0.2) is 28.7 Å². The summed E-state index contributed by atoms with van der Waals surface area (Å²) < 4.78 is 5.69. The SMILES string of the molecule is CC(C)(C)C(=O)NC1CN(c2nc3ccccc3o2)C1. The fourth-order valence-electron chi connectivity index (χ4n) is 2.12. The van der Waals surface area contributed by atoms with Crippen LogP contribution in [-0.4, -0.2) is 30.0 Å². The van der Waals surface area contributed by atoms with Gasteiger partial charge in [0.1, 0.15) is 5.52 Å². The number of nitrogens with one attached hydrogen (secondary N) is 1. The number of benzene rings is 1. The van der Waals surface area contributed by atoms with Crippen LogP contribution in [0.4, 0.5) is 6.01 Å². The predicted octanol–water partition coefficient (Wildman–Crippen LogP) is 2.18. The fraction of sp³-hybridized carbons (Fsp3) is 0.467. The summed E-state index contributed by atoms with van der Waals surface area (Å²) in [4.78, 5) is 18.4. The molecule has 2 heterocycles. The smallest absolute Gasteiger partial charge is 0.298 e. The molecular weight excluding hydrogens is 254 g/mol. The van der Waals surface area contributed by atoms with Crippen molar-refractivity contribution in [2.45, 2.75) is 26.8 Å². The standard InChI is InChI=1S/C15H19N3O2/c1-15(2,3)13(19)16-10-8-18(9-10)14-17-11-6-4-5-7-12(11)20-14/h4-7,10H,8-9H2,1-3H3,(H,16,19). The van der Waals surface area contributed by atoms with Crippen LogP contribution >= 0.6 is 0 Å². The minimum atomic E-state index is -0.349. The van der Waals surface area contributed by atoms with Crippen LogP contribution < -0.4 is 10.2 Å². The number of rotatable bonds is 2. The Morgan fingerprint density at radius 1 is 1.35 bits per heavy atom. The Balaban J connectivity index is 1.61. The lowest BCUT2D eigenvalue weighted by Crippen LogP contribution is -2.61. The average molecular weight is 273 g/mol. The molecule has 1 aromatic heterocycles. The molecule has 1 N–H and O–H groups in total. The summed E-state index contributed by atoms with van der Waals surface area (Å²) in [6.45, 7) is 7.24. The molecule has 1 amide bonds. The first-order valence-electron chi connectivity index (χ1n) is 6.85. The molecule has 0 radical (unpaired) electrons. The third-order valence-electron chi connectivity index (χ3n) is 3.45. The quantitative estimate of drug-likeness (QED) is 0.911. The Morgan fingerprint density at radius 3 is 2.70 bits per heavy atom. The Bertz CT molecular complexity index is 603. The maximum absolute atomic E-state index is 11.9. The van der Waals surface area contributed by atoms with E-state index in [-0.39, 0.29) is 17.4 Å². The minimum Gasteiger partial charge on any atom is -0.423 e. The minimum absolute atomic E-state index is 0.0831. The molecule has 0 saturated carbocycles. The molecule has 1 fully saturated rings. The number of aromatic nitrogens is 1. The van der Waals surface area contributed by atoms with Gasteiger partial charge in [-0.05, 0) is 12.1 Å². The molecule has 3 rings (SSSR count). The summed E-state index contributed by atoms with van der Waals surface area (Å²) in [5.74, 6) is 0.0831. The Hall–Kier alpha value is -2.04. The highest BCUT2D eigenvalue weighted by Gasteiger charge is 2.33. The monoisotopic (exact) mass is 273 g/mol. The van der Waals surface area contributed by atoms with Gasteiger partial charge in [-0.3, -0.25) is 4.79 Å². The molecule has 0 aliphatic carbocycles. The highest BCUT2D eigenvalue weighted by molar-refractivity contribution is 5.82. The first-order chi connectivity index (χ1) is 9.43. The lowest BCUT2D eigenvalue weighted by molar-refractivity contribution is -0.129. The molecule has 0 unspecified atom stereocenters. The van der Waals surface area contributed by atoms with Gasteiger partial charge in [0.2, 0.25) is 5.91 Å². The Kier molecular flexibility index (Phi) is 2.92. The van der Waals surface area contributed by atoms with Gasteiger partial charge in [0.05, 0.1) is 6.04 Å². The van der Waals surface area contributed by atoms with Crippen molar-refractivity contribution in [3.05, 3.63) is 24.3 Å². The zero-order chi connectivity index (χ0) is 14.3. The largest absolute Gasteiger partial charge is 0.423 e. The number of hydrogen-bond acceptors (Lipinski definition) is 4. The molecule has 20 heavy (non-hydrogen) atoms. The van der Waals surface area contributed by atoms with E-state index in [1.165, 1.54) is 0 Å². The van der Waals surface area contributed by atoms with Crippen LogP contribution in [0, 0.1) is 5.41 Å². The number of carbonyl (C=O) groups is 1. The molecule has 0 bridgehead atoms. The molecule has 1 aliphatic rings. The molecule has 0 atom stereocenters. The number of para-hydroxylation sites is 2. The van der Waals surface area contributed by atoms with Crippen molar-refractivity contribution in [2.75, 3.05) is 18.0 Å². The van der Waals surface area contributed by atoms with E-state index in [2.05, 4.69) is 10.3 Å². The predicted molar refractivity (Wildman–Crippen MR) is 77.6 cm³/mol. The lowest BCUT2D eigenvalue weighted by Gasteiger charge is -2.39. The number of carbonyl (C=O) groups excluding carboxylic acids is 1. The van der Waals surface area contributed by atoms with E-state index in [0.29, 0.717) is 6.01 Å². The average Bonchev–Trinajstić information content (AvgIpc) is 2.74. The van der Waals surface area contributed by atoms with Crippen LogP contribution in [-0.2, 0) is 4.79 Å². The zero-order valence-electron chi connectivity index (χ0n) is 12.0. The van der Waals surface area contributed by atoms with Crippen LogP contribution in [0.2, 0.25) is 0 Å². The van der Waals surface area contributed by atoms with Gasteiger partial charge in [-0.2, -0.15) is 4.98 Å². The number of anilines is 1. The van der Waals surface area contributed by atoms with E-state index in [4.69, 9.17) is 4.42 Å². The summed E-state index contributed by atoms with van der Waals surface area (Å²) >= 11 is 0. The third-order valence-corrected chi connectivity index (χ3v) is 3.45. The first kappa shape index (κ1) is 13.0. The van der Waals surface area contributed by atoms with E-state index in [9.17, 15) is 4.79 Å². The lowest BCUT2D eigenvalue weighted by atomic mass is 9.94. The maximum Gasteiger partial charge on any atom is 0.298 e. The highest BCUT2D eigenvalue weighted by Crippen LogP contribution is 2.25. The van der Waals surface area contributed by atoms with Gasteiger partial charge < -0.3 is 14.6 Å². The van der Waals surface area contributed by atoms with E-state index in [1.54, 1.807) is 0 Å². The van der Waals surface area contributed by atoms with Crippen molar-refractivity contribution in [1.82, 2.24) is 10.3 Å². The van der Waals surface area contributed by atoms with Crippen molar-refractivity contribution >= 4 is 23.0 Å². The van der Waals surface area contributed by atoms with Gasteiger partial charge in [-0.15, -0.1) is 0 Å². The van der Waals surface area contributed by atoms with Crippen LogP contribution in [0.25, 0.3) is 11.1 Å². The van der Waals surface area contributed by atoms with Crippen molar-refractivity contribution < 1.29 is 9.21 Å². The van der Waals surface area contributed by atoms with Gasteiger partial charge in [0.15, 0.2) is 5.58 Å². The number of fused-ring (bicyclic) bond motifs is 1. The topological polar surface area (TPSA) is 58.4 Å². The maximum atomic E-state index is 11.9. The zero-order valence-corrected chi connectivity index (χ0v) is 12.0. The molecule has 1 aromatic carbocycles. The Labute approximate surface area is 118 Å². The van der Waals surface area contributed by atoms with Crippen molar-refractivity contribution in [2.24, 2.45) is 5.41 Å². The second kappa shape index (κ2) is 4.51. The van der Waals surface area contributed by atoms with E-state index >= 15 is 0 Å². The van der Waals surface area contributed by atoms with Gasteiger partial charge in [-0.1, -0.05) is 32.9 Å². The second-order valence-corrected chi connectivity index (χ2v) is 6.29. The molecule has 5 nitrogen and oxygen atoms in total. The van der Waals surface area contributed by atoms with Crippen molar-refractivity contribution in [3.63, 3.8) is 0 Å². The molecule has 1 aliphatic heterocycles. The molecule has 1 saturated heterocycles. The molecule has 5 heteroatoms. The normalized spacial score (nSPS) is 16.2. The van der Waals surface area contributed by atoms with E-state index in [1.807, 2.05) is 49.9 Å². The van der Waals surface area contributed by atoms with E-state index < -0.39 is 0 Å². The van der Waals surface area contributed by atoms with Gasteiger partial charge in [0, 0.05) is 18.5 Å². The summed E-state index contributed by atoms with van der Waals surface area (Å²) in [5, 5.41) is 3.04. The summed E-state index contributed by atoms with van der Waals surface area (Å²) in [6.07, 6.45) is 0. The Morgan fingerprint density at radius 2 is 2.05 bits per heavy atom. The van der Waals surface area contributed by atoms with Crippen LogP contribution in [0.3, 0.4) is 0 Å². The fourth-order valence-corrected chi connectivity index (χ4v) is 2.12. The number of hydrogen-bond donors (Lipinski definition) is 1. The number of oxazole rings is 1. The molecule has 0 spiro atoms. The molecule has 2 aromatic rings. The highest BCUT2D eigenvalue weighted by atomic mass is 16.4. The van der Waals surface area contributed by atoms with Gasteiger partial charge >= 0.3 is 0 Å². The van der Waals surface area contributed by atoms with Gasteiger partial charge in [-0.25, -0.2) is 0 Å². The summed E-state index contributed by atoms with van der Waals surface area (Å²) in [7, 11) is 0. The second-order valence-electron chi connectivity index (χ2n) is 6.29. The van der Waals surface area contributed by atoms with Crippen molar-refractivity contribution in [1.29, 1.82) is 0 Å². The number of nitrogens with zero attached hydrogens (tertiary/aromatic N) is 2. The van der Waals surface area contributed by atoms with Crippen LogP contribution in [0.1, 0.15) is 20.8 Å². The first-order valence-corrected chi connectivity index (χ1v) is 6.85. The molecular formula is C15H19N3O2. The number of amides is 1. The molecule has 106 valence electrons.